The molecule has 2 N–H and O–H groups in total. The lowest BCUT2D eigenvalue weighted by atomic mass is 10.0. The summed E-state index contributed by atoms with van der Waals surface area (Å²) in [6.45, 7) is 8.30. The zero-order valence-electron chi connectivity index (χ0n) is 11.4. The normalized spacial score (nSPS) is 11.8. The number of hydrogen-bond acceptors (Lipinski definition) is 3. The number of nitrogens with zero attached hydrogens (tertiary/aromatic N) is 1. The summed E-state index contributed by atoms with van der Waals surface area (Å²) >= 11 is 1.71. The Balaban J connectivity index is 2.47. The molecule has 1 aromatic heterocycles. The van der Waals surface area contributed by atoms with E-state index in [4.69, 9.17) is 10.7 Å². The van der Waals surface area contributed by atoms with E-state index < -0.39 is 0 Å². The van der Waals surface area contributed by atoms with Crippen molar-refractivity contribution in [3.05, 3.63) is 40.4 Å². The first-order valence-corrected chi connectivity index (χ1v) is 7.09. The average molecular weight is 260 g/mol. The molecule has 2 nitrogen and oxygen atoms in total. The van der Waals surface area contributed by atoms with E-state index in [1.807, 2.05) is 13.8 Å². The lowest BCUT2D eigenvalue weighted by molar-refractivity contribution is 0.559. The van der Waals surface area contributed by atoms with Crippen molar-refractivity contribution in [2.75, 3.05) is 0 Å². The molecular weight excluding hydrogens is 240 g/mol. The highest BCUT2D eigenvalue weighted by atomic mass is 32.1. The minimum Gasteiger partial charge on any atom is -0.321 e. The van der Waals surface area contributed by atoms with E-state index in [0.717, 1.165) is 17.1 Å². The summed E-state index contributed by atoms with van der Waals surface area (Å²) in [5.74, 6) is 0. The van der Waals surface area contributed by atoms with Crippen LogP contribution in [-0.2, 0) is 12.0 Å². The van der Waals surface area contributed by atoms with Gasteiger partial charge in [0.2, 0.25) is 0 Å². The molecule has 0 saturated heterocycles. The molecule has 0 radical (unpaired) electrons. The van der Waals surface area contributed by atoms with Crippen molar-refractivity contribution in [3.63, 3.8) is 0 Å². The number of aryl methyl sites for hydroxylation is 2. The summed E-state index contributed by atoms with van der Waals surface area (Å²) < 4.78 is 0. The molecule has 0 saturated carbocycles. The second kappa shape index (κ2) is 4.82. The smallest absolute Gasteiger partial charge is 0.123 e. The van der Waals surface area contributed by atoms with Crippen LogP contribution in [0.2, 0.25) is 0 Å². The summed E-state index contributed by atoms with van der Waals surface area (Å²) in [6, 6.07) is 8.49. The number of rotatable bonds is 3. The third-order valence-corrected chi connectivity index (χ3v) is 4.40. The Labute approximate surface area is 113 Å². The van der Waals surface area contributed by atoms with Gasteiger partial charge in [0, 0.05) is 16.0 Å². The lowest BCUT2D eigenvalue weighted by Gasteiger charge is -2.17. The molecule has 0 fully saturated rings. The number of aromatic nitrogens is 1. The van der Waals surface area contributed by atoms with Crippen LogP contribution >= 0.6 is 11.3 Å². The SMILES string of the molecule is CCc1nc(-c2ccc(C)cc2)sc1C(C)(C)N. The topological polar surface area (TPSA) is 38.9 Å². The number of thiazole rings is 1. The van der Waals surface area contributed by atoms with Gasteiger partial charge >= 0.3 is 0 Å². The van der Waals surface area contributed by atoms with Crippen LogP contribution in [0, 0.1) is 6.92 Å². The molecule has 0 aliphatic carbocycles. The first kappa shape index (κ1) is 13.2. The maximum absolute atomic E-state index is 6.22. The van der Waals surface area contributed by atoms with Crippen molar-refractivity contribution in [1.82, 2.24) is 4.98 Å². The first-order valence-electron chi connectivity index (χ1n) is 6.28. The predicted molar refractivity (Wildman–Crippen MR) is 78.9 cm³/mol. The zero-order valence-corrected chi connectivity index (χ0v) is 12.3. The van der Waals surface area contributed by atoms with Gasteiger partial charge in [0.25, 0.3) is 0 Å². The molecule has 0 unspecified atom stereocenters. The summed E-state index contributed by atoms with van der Waals surface area (Å²) in [5.41, 5.74) is 9.48. The molecule has 1 heterocycles. The van der Waals surface area contributed by atoms with Gasteiger partial charge in [0.15, 0.2) is 0 Å². The van der Waals surface area contributed by atoms with Crippen LogP contribution in [0.15, 0.2) is 24.3 Å². The molecule has 2 rings (SSSR count). The van der Waals surface area contributed by atoms with Crippen molar-refractivity contribution >= 4 is 11.3 Å². The van der Waals surface area contributed by atoms with Crippen LogP contribution in [0.3, 0.4) is 0 Å². The van der Waals surface area contributed by atoms with E-state index in [0.29, 0.717) is 0 Å². The second-order valence-electron chi connectivity index (χ2n) is 5.24. The van der Waals surface area contributed by atoms with E-state index >= 15 is 0 Å². The Morgan fingerprint density at radius 2 is 1.83 bits per heavy atom. The van der Waals surface area contributed by atoms with Gasteiger partial charge in [-0.25, -0.2) is 4.98 Å². The van der Waals surface area contributed by atoms with Crippen molar-refractivity contribution in [2.24, 2.45) is 5.73 Å². The highest BCUT2D eigenvalue weighted by molar-refractivity contribution is 7.15. The Morgan fingerprint density at radius 1 is 1.22 bits per heavy atom. The van der Waals surface area contributed by atoms with Crippen LogP contribution in [0.25, 0.3) is 10.6 Å². The summed E-state index contributed by atoms with van der Waals surface area (Å²) in [4.78, 5) is 5.93. The van der Waals surface area contributed by atoms with E-state index in [-0.39, 0.29) is 5.54 Å². The Kier molecular flexibility index (Phi) is 3.55. The molecule has 3 heteroatoms. The highest BCUT2D eigenvalue weighted by Gasteiger charge is 2.22. The van der Waals surface area contributed by atoms with Crippen molar-refractivity contribution in [3.8, 4) is 10.6 Å². The van der Waals surface area contributed by atoms with Gasteiger partial charge in [-0.15, -0.1) is 11.3 Å². The number of benzene rings is 1. The standard InChI is InChI=1S/C15H20N2S/c1-5-12-13(15(3,4)16)18-14(17-12)11-8-6-10(2)7-9-11/h6-9H,5,16H2,1-4H3. The molecule has 18 heavy (non-hydrogen) atoms. The maximum Gasteiger partial charge on any atom is 0.123 e. The van der Waals surface area contributed by atoms with Crippen molar-refractivity contribution < 1.29 is 0 Å². The maximum atomic E-state index is 6.22. The quantitative estimate of drug-likeness (QED) is 0.909. The van der Waals surface area contributed by atoms with E-state index in [9.17, 15) is 0 Å². The minimum atomic E-state index is -0.314. The van der Waals surface area contributed by atoms with Gasteiger partial charge in [-0.3, -0.25) is 0 Å². The van der Waals surface area contributed by atoms with Gasteiger partial charge < -0.3 is 5.73 Å². The summed E-state index contributed by atoms with van der Waals surface area (Å²) in [5, 5.41) is 1.07. The molecule has 0 aliphatic heterocycles. The minimum absolute atomic E-state index is 0.314. The third-order valence-electron chi connectivity index (χ3n) is 2.92. The molecule has 2 aromatic rings. The van der Waals surface area contributed by atoms with Gasteiger partial charge in [-0.1, -0.05) is 36.8 Å². The zero-order chi connectivity index (χ0) is 13.3. The van der Waals surface area contributed by atoms with E-state index in [1.54, 1.807) is 11.3 Å². The Morgan fingerprint density at radius 3 is 2.28 bits per heavy atom. The van der Waals surface area contributed by atoms with Crippen molar-refractivity contribution in [2.45, 2.75) is 39.7 Å². The Bertz CT molecular complexity index is 533. The number of nitrogens with two attached hydrogens (primary N) is 1. The van der Waals surface area contributed by atoms with Crippen LogP contribution < -0.4 is 5.73 Å². The predicted octanol–water partition coefficient (Wildman–Crippen LogP) is 3.87. The van der Waals surface area contributed by atoms with Gasteiger partial charge in [0.05, 0.1) is 5.69 Å². The molecule has 0 atom stereocenters. The van der Waals surface area contributed by atoms with Crippen LogP contribution in [-0.4, -0.2) is 4.98 Å². The molecule has 1 aromatic carbocycles. The Hall–Kier alpha value is -1.19. The molecule has 96 valence electrons. The molecule has 0 spiro atoms. The van der Waals surface area contributed by atoms with Crippen LogP contribution in [0.5, 0.6) is 0 Å². The van der Waals surface area contributed by atoms with Gasteiger partial charge in [-0.2, -0.15) is 0 Å². The second-order valence-corrected chi connectivity index (χ2v) is 6.24. The van der Waals surface area contributed by atoms with E-state index in [2.05, 4.69) is 38.1 Å². The van der Waals surface area contributed by atoms with E-state index in [1.165, 1.54) is 16.0 Å². The average Bonchev–Trinajstić information content (AvgIpc) is 2.73. The summed E-state index contributed by atoms with van der Waals surface area (Å²) in [7, 11) is 0. The lowest BCUT2D eigenvalue weighted by Crippen LogP contribution is -2.28. The summed E-state index contributed by atoms with van der Waals surface area (Å²) in [6.07, 6.45) is 0.929. The molecule has 0 aliphatic rings. The third kappa shape index (κ3) is 2.62. The fourth-order valence-electron chi connectivity index (χ4n) is 1.91. The fraction of sp³-hybridized carbons (Fsp3) is 0.400. The van der Waals surface area contributed by atoms with Gasteiger partial charge in [0.1, 0.15) is 5.01 Å². The number of hydrogen-bond donors (Lipinski definition) is 1. The molecule has 0 bridgehead atoms. The monoisotopic (exact) mass is 260 g/mol. The molecular formula is C15H20N2S. The fourth-order valence-corrected chi connectivity index (χ4v) is 3.09. The van der Waals surface area contributed by atoms with Crippen molar-refractivity contribution in [1.29, 1.82) is 0 Å². The van der Waals surface area contributed by atoms with Crippen LogP contribution in [0.4, 0.5) is 0 Å². The largest absolute Gasteiger partial charge is 0.321 e. The van der Waals surface area contributed by atoms with Gasteiger partial charge in [-0.05, 0) is 27.2 Å². The van der Waals surface area contributed by atoms with Crippen LogP contribution in [0.1, 0.15) is 36.9 Å². The highest BCUT2D eigenvalue weighted by Crippen LogP contribution is 2.34. The first-order chi connectivity index (χ1) is 8.41. The molecule has 0 amide bonds.